The van der Waals surface area contributed by atoms with E-state index in [9.17, 15) is 4.79 Å². The highest BCUT2D eigenvalue weighted by atomic mass is 16.2. The number of hydrogen-bond donors (Lipinski definition) is 2. The van der Waals surface area contributed by atoms with Crippen molar-refractivity contribution in [2.75, 3.05) is 0 Å². The van der Waals surface area contributed by atoms with Crippen LogP contribution >= 0.6 is 0 Å². The molecule has 3 aromatic rings. The number of amides is 1. The molecule has 0 fully saturated rings. The topological polar surface area (TPSA) is 83.0 Å². The SMILES string of the molecule is O=C(N/N=C\c1cccnc1)c1cc(-c2ccccc2)n[nH]1. The van der Waals surface area contributed by atoms with Crippen LogP contribution in [0.15, 0.2) is 66.0 Å². The van der Waals surface area contributed by atoms with Crippen LogP contribution in [0.1, 0.15) is 16.1 Å². The van der Waals surface area contributed by atoms with E-state index in [1.807, 2.05) is 36.4 Å². The first-order chi connectivity index (χ1) is 10.8. The number of rotatable bonds is 4. The molecule has 0 saturated carbocycles. The number of benzene rings is 1. The van der Waals surface area contributed by atoms with Gasteiger partial charge in [-0.2, -0.15) is 10.2 Å². The lowest BCUT2D eigenvalue weighted by Crippen LogP contribution is -2.18. The third-order valence-corrected chi connectivity index (χ3v) is 2.96. The second-order valence-corrected chi connectivity index (χ2v) is 4.52. The zero-order valence-corrected chi connectivity index (χ0v) is 11.6. The first-order valence-electron chi connectivity index (χ1n) is 6.67. The number of hydrogen-bond acceptors (Lipinski definition) is 4. The summed E-state index contributed by atoms with van der Waals surface area (Å²) in [7, 11) is 0. The number of pyridine rings is 1. The Balaban J connectivity index is 1.66. The van der Waals surface area contributed by atoms with Gasteiger partial charge in [0.1, 0.15) is 5.69 Å². The average Bonchev–Trinajstić information content (AvgIpc) is 3.07. The van der Waals surface area contributed by atoms with Gasteiger partial charge in [0.05, 0.1) is 11.9 Å². The number of H-pyrrole nitrogens is 1. The molecular formula is C16H13N5O. The number of aromatic nitrogens is 3. The fraction of sp³-hybridized carbons (Fsp3) is 0. The Morgan fingerprint density at radius 1 is 1.18 bits per heavy atom. The molecule has 2 aromatic heterocycles. The van der Waals surface area contributed by atoms with Crippen molar-refractivity contribution in [2.24, 2.45) is 5.10 Å². The Hall–Kier alpha value is -3.28. The highest BCUT2D eigenvalue weighted by Crippen LogP contribution is 2.16. The van der Waals surface area contributed by atoms with Crippen molar-refractivity contribution >= 4 is 12.1 Å². The fourth-order valence-corrected chi connectivity index (χ4v) is 1.87. The van der Waals surface area contributed by atoms with Gasteiger partial charge >= 0.3 is 0 Å². The van der Waals surface area contributed by atoms with E-state index in [0.717, 1.165) is 11.1 Å². The van der Waals surface area contributed by atoms with Gasteiger partial charge in [0.2, 0.25) is 0 Å². The number of carbonyl (C=O) groups is 1. The second-order valence-electron chi connectivity index (χ2n) is 4.52. The average molecular weight is 291 g/mol. The van der Waals surface area contributed by atoms with Crippen LogP contribution in [0.3, 0.4) is 0 Å². The summed E-state index contributed by atoms with van der Waals surface area (Å²) in [6, 6.07) is 14.9. The van der Waals surface area contributed by atoms with Gasteiger partial charge in [0.25, 0.3) is 5.91 Å². The van der Waals surface area contributed by atoms with Crippen LogP contribution in [0.4, 0.5) is 0 Å². The van der Waals surface area contributed by atoms with Gasteiger partial charge in [-0.15, -0.1) is 0 Å². The summed E-state index contributed by atoms with van der Waals surface area (Å²) in [5.74, 6) is -0.352. The molecule has 0 atom stereocenters. The highest BCUT2D eigenvalue weighted by molar-refractivity contribution is 5.94. The summed E-state index contributed by atoms with van der Waals surface area (Å²) in [5.41, 5.74) is 5.25. The number of hydrazone groups is 1. The third-order valence-electron chi connectivity index (χ3n) is 2.96. The molecule has 6 heteroatoms. The van der Waals surface area contributed by atoms with Crippen molar-refractivity contribution in [1.82, 2.24) is 20.6 Å². The Bertz CT molecular complexity index is 781. The molecule has 1 aromatic carbocycles. The minimum atomic E-state index is -0.352. The van der Waals surface area contributed by atoms with Crippen molar-refractivity contribution in [3.63, 3.8) is 0 Å². The van der Waals surface area contributed by atoms with Crippen molar-refractivity contribution in [2.45, 2.75) is 0 Å². The summed E-state index contributed by atoms with van der Waals surface area (Å²) in [6.07, 6.45) is 4.85. The molecule has 2 heterocycles. The molecule has 0 spiro atoms. The maximum Gasteiger partial charge on any atom is 0.289 e. The van der Waals surface area contributed by atoms with Gasteiger partial charge in [-0.05, 0) is 12.1 Å². The van der Waals surface area contributed by atoms with E-state index in [0.29, 0.717) is 11.4 Å². The van der Waals surface area contributed by atoms with Gasteiger partial charge in [-0.1, -0.05) is 36.4 Å². The largest absolute Gasteiger partial charge is 0.289 e. The van der Waals surface area contributed by atoms with E-state index in [-0.39, 0.29) is 5.91 Å². The van der Waals surface area contributed by atoms with Gasteiger partial charge in [0.15, 0.2) is 0 Å². The molecule has 108 valence electrons. The Labute approximate surface area is 126 Å². The minimum absolute atomic E-state index is 0.349. The number of nitrogens with zero attached hydrogens (tertiary/aromatic N) is 3. The van der Waals surface area contributed by atoms with Gasteiger partial charge in [-0.3, -0.25) is 14.9 Å². The van der Waals surface area contributed by atoms with E-state index >= 15 is 0 Å². The van der Waals surface area contributed by atoms with Crippen LogP contribution in [0, 0.1) is 0 Å². The van der Waals surface area contributed by atoms with Crippen molar-refractivity contribution in [3.05, 3.63) is 72.2 Å². The smallest absolute Gasteiger partial charge is 0.272 e. The number of aromatic amines is 1. The lowest BCUT2D eigenvalue weighted by atomic mass is 10.1. The number of carbonyl (C=O) groups excluding carboxylic acids is 1. The molecule has 22 heavy (non-hydrogen) atoms. The molecule has 0 aliphatic heterocycles. The predicted molar refractivity (Wildman–Crippen MR) is 83.3 cm³/mol. The zero-order chi connectivity index (χ0) is 15.2. The van der Waals surface area contributed by atoms with Crippen LogP contribution in [-0.2, 0) is 0 Å². The maximum absolute atomic E-state index is 12.0. The second kappa shape index (κ2) is 6.45. The normalized spacial score (nSPS) is 10.7. The van der Waals surface area contributed by atoms with E-state index in [4.69, 9.17) is 0 Å². The Morgan fingerprint density at radius 2 is 2.05 bits per heavy atom. The van der Waals surface area contributed by atoms with Crippen molar-refractivity contribution in [3.8, 4) is 11.3 Å². The molecule has 0 saturated heterocycles. The zero-order valence-electron chi connectivity index (χ0n) is 11.6. The minimum Gasteiger partial charge on any atom is -0.272 e. The molecule has 2 N–H and O–H groups in total. The van der Waals surface area contributed by atoms with Crippen LogP contribution in [0.2, 0.25) is 0 Å². The van der Waals surface area contributed by atoms with E-state index in [2.05, 4.69) is 25.7 Å². The fourth-order valence-electron chi connectivity index (χ4n) is 1.87. The number of nitrogens with one attached hydrogen (secondary N) is 2. The van der Waals surface area contributed by atoms with E-state index in [1.165, 1.54) is 6.21 Å². The first kappa shape index (κ1) is 13.7. The van der Waals surface area contributed by atoms with Crippen LogP contribution in [0.25, 0.3) is 11.3 Å². The molecule has 6 nitrogen and oxygen atoms in total. The summed E-state index contributed by atoms with van der Waals surface area (Å²) in [5, 5.41) is 10.7. The van der Waals surface area contributed by atoms with E-state index < -0.39 is 0 Å². The third kappa shape index (κ3) is 3.24. The monoisotopic (exact) mass is 291 g/mol. The Morgan fingerprint density at radius 3 is 2.82 bits per heavy atom. The molecule has 0 radical (unpaired) electrons. The molecule has 0 unspecified atom stereocenters. The van der Waals surface area contributed by atoms with Gasteiger partial charge in [0, 0.05) is 23.5 Å². The lowest BCUT2D eigenvalue weighted by Gasteiger charge is -1.95. The van der Waals surface area contributed by atoms with Gasteiger partial charge < -0.3 is 0 Å². The first-order valence-corrected chi connectivity index (χ1v) is 6.67. The Kier molecular flexibility index (Phi) is 4.01. The van der Waals surface area contributed by atoms with Gasteiger partial charge in [-0.25, -0.2) is 5.43 Å². The summed E-state index contributed by atoms with van der Waals surface area (Å²) >= 11 is 0. The highest BCUT2D eigenvalue weighted by Gasteiger charge is 2.09. The lowest BCUT2D eigenvalue weighted by molar-refractivity contribution is 0.0950. The molecular weight excluding hydrogens is 278 g/mol. The summed E-state index contributed by atoms with van der Waals surface area (Å²) < 4.78 is 0. The standard InChI is InChI=1S/C16H13N5O/c22-16(21-18-11-12-5-4-8-17-10-12)15-9-14(19-20-15)13-6-2-1-3-7-13/h1-11H,(H,19,20)(H,21,22)/b18-11-. The van der Waals surface area contributed by atoms with Crippen LogP contribution in [-0.4, -0.2) is 27.3 Å². The molecule has 1 amide bonds. The quantitative estimate of drug-likeness (QED) is 0.571. The van der Waals surface area contributed by atoms with Crippen LogP contribution < -0.4 is 5.43 Å². The molecule has 0 bridgehead atoms. The molecule has 3 rings (SSSR count). The van der Waals surface area contributed by atoms with Crippen molar-refractivity contribution in [1.29, 1.82) is 0 Å². The predicted octanol–water partition coefficient (Wildman–Crippen LogP) is 2.24. The summed E-state index contributed by atoms with van der Waals surface area (Å²) in [4.78, 5) is 15.9. The summed E-state index contributed by atoms with van der Waals surface area (Å²) in [6.45, 7) is 0. The van der Waals surface area contributed by atoms with Crippen LogP contribution in [0.5, 0.6) is 0 Å². The molecule has 0 aliphatic rings. The van der Waals surface area contributed by atoms with Crippen molar-refractivity contribution < 1.29 is 4.79 Å². The van der Waals surface area contributed by atoms with E-state index in [1.54, 1.807) is 24.5 Å². The maximum atomic E-state index is 12.0. The molecule has 0 aliphatic carbocycles.